The molecule has 0 spiro atoms. The Morgan fingerprint density at radius 2 is 2.29 bits per heavy atom. The lowest BCUT2D eigenvalue weighted by molar-refractivity contribution is -0.111. The summed E-state index contributed by atoms with van der Waals surface area (Å²) in [4.78, 5) is 10.6. The van der Waals surface area contributed by atoms with Crippen molar-refractivity contribution in [1.82, 2.24) is 5.16 Å². The van der Waals surface area contributed by atoms with E-state index in [0.717, 1.165) is 24.2 Å². The Bertz CT molecular complexity index is 291. The second kappa shape index (κ2) is 4.94. The first kappa shape index (κ1) is 11.0. The molecule has 0 N–H and O–H groups in total. The lowest BCUT2D eigenvalue weighted by atomic mass is 10.0. The third-order valence-corrected chi connectivity index (χ3v) is 2.33. The van der Waals surface area contributed by atoms with E-state index in [1.54, 1.807) is 0 Å². The molecule has 1 heterocycles. The fraction of sp³-hybridized carbons (Fsp3) is 0.636. The van der Waals surface area contributed by atoms with Crippen molar-refractivity contribution in [2.24, 2.45) is 5.92 Å². The van der Waals surface area contributed by atoms with Gasteiger partial charge in [0.05, 0.1) is 5.69 Å². The lowest BCUT2D eigenvalue weighted by Gasteiger charge is -2.01. The van der Waals surface area contributed by atoms with Crippen LogP contribution < -0.4 is 0 Å². The normalized spacial score (nSPS) is 13.1. The summed E-state index contributed by atoms with van der Waals surface area (Å²) in [6, 6.07) is 1.94. The van der Waals surface area contributed by atoms with Crippen molar-refractivity contribution in [2.75, 3.05) is 0 Å². The van der Waals surface area contributed by atoms with Crippen LogP contribution in [0.25, 0.3) is 0 Å². The summed E-state index contributed by atoms with van der Waals surface area (Å²) < 4.78 is 5.15. The van der Waals surface area contributed by atoms with Crippen LogP contribution in [0, 0.1) is 5.92 Å². The fourth-order valence-electron chi connectivity index (χ4n) is 1.25. The monoisotopic (exact) mass is 195 g/mol. The molecule has 1 rings (SSSR count). The summed E-state index contributed by atoms with van der Waals surface area (Å²) >= 11 is 0. The molecule has 0 bridgehead atoms. The van der Waals surface area contributed by atoms with Crippen molar-refractivity contribution in [2.45, 2.75) is 39.5 Å². The van der Waals surface area contributed by atoms with Crippen molar-refractivity contribution < 1.29 is 9.32 Å². The summed E-state index contributed by atoms with van der Waals surface area (Å²) in [7, 11) is 0. The first-order valence-corrected chi connectivity index (χ1v) is 5.08. The average molecular weight is 195 g/mol. The minimum Gasteiger partial charge on any atom is -0.361 e. The van der Waals surface area contributed by atoms with Crippen molar-refractivity contribution >= 4 is 6.29 Å². The molecule has 78 valence electrons. The van der Waals surface area contributed by atoms with Gasteiger partial charge in [0.15, 0.2) is 0 Å². The maximum Gasteiger partial charge on any atom is 0.139 e. The average Bonchev–Trinajstić information content (AvgIpc) is 2.62. The van der Waals surface area contributed by atoms with Crippen LogP contribution in [0.3, 0.4) is 0 Å². The first-order valence-electron chi connectivity index (χ1n) is 5.08. The van der Waals surface area contributed by atoms with Gasteiger partial charge in [0.25, 0.3) is 0 Å². The summed E-state index contributed by atoms with van der Waals surface area (Å²) in [5, 5.41) is 3.94. The van der Waals surface area contributed by atoms with Crippen LogP contribution in [-0.2, 0) is 11.2 Å². The highest BCUT2D eigenvalue weighted by Gasteiger charge is 2.11. The molecule has 0 aliphatic heterocycles. The Kier molecular flexibility index (Phi) is 3.86. The van der Waals surface area contributed by atoms with Gasteiger partial charge in [-0.15, -0.1) is 0 Å². The van der Waals surface area contributed by atoms with Gasteiger partial charge in [-0.2, -0.15) is 0 Å². The Labute approximate surface area is 84.5 Å². The van der Waals surface area contributed by atoms with Crippen molar-refractivity contribution in [1.29, 1.82) is 0 Å². The lowest BCUT2D eigenvalue weighted by Crippen LogP contribution is -2.04. The minimum atomic E-state index is 0.0695. The molecule has 0 fully saturated rings. The summed E-state index contributed by atoms with van der Waals surface area (Å²) in [5.74, 6) is 1.31. The largest absolute Gasteiger partial charge is 0.361 e. The van der Waals surface area contributed by atoms with Crippen molar-refractivity contribution in [3.8, 4) is 0 Å². The number of nitrogens with zero attached hydrogens (tertiary/aromatic N) is 1. The molecule has 0 aromatic carbocycles. The second-order valence-electron chi connectivity index (χ2n) is 3.88. The molecule has 1 aromatic heterocycles. The summed E-state index contributed by atoms with van der Waals surface area (Å²) in [6.07, 6.45) is 2.54. The molecule has 14 heavy (non-hydrogen) atoms. The molecule has 0 saturated carbocycles. The molecule has 1 atom stereocenters. The standard InChI is InChI=1S/C11H17NO2/c1-4-9(7-13)5-10-6-11(8(2)3)14-12-10/h6-9H,4-5H2,1-3H3. The number of rotatable bonds is 5. The van der Waals surface area contributed by atoms with E-state index >= 15 is 0 Å². The smallest absolute Gasteiger partial charge is 0.139 e. The molecule has 0 aliphatic carbocycles. The highest BCUT2D eigenvalue weighted by Crippen LogP contribution is 2.17. The Balaban J connectivity index is 2.63. The van der Waals surface area contributed by atoms with Crippen LogP contribution in [0.4, 0.5) is 0 Å². The molecule has 0 radical (unpaired) electrons. The van der Waals surface area contributed by atoms with E-state index in [9.17, 15) is 4.79 Å². The SMILES string of the molecule is CCC(C=O)Cc1cc(C(C)C)on1. The topological polar surface area (TPSA) is 43.1 Å². The van der Waals surface area contributed by atoms with Gasteiger partial charge in [0, 0.05) is 24.3 Å². The third kappa shape index (κ3) is 2.69. The van der Waals surface area contributed by atoms with Crippen LogP contribution in [0.1, 0.15) is 44.6 Å². The fourth-order valence-corrected chi connectivity index (χ4v) is 1.25. The number of carbonyl (C=O) groups excluding carboxylic acids is 1. The number of aromatic nitrogens is 1. The van der Waals surface area contributed by atoms with E-state index in [0.29, 0.717) is 12.3 Å². The molecular weight excluding hydrogens is 178 g/mol. The van der Waals surface area contributed by atoms with Crippen LogP contribution in [0.2, 0.25) is 0 Å². The van der Waals surface area contributed by atoms with Gasteiger partial charge in [-0.05, 0) is 6.42 Å². The van der Waals surface area contributed by atoms with E-state index in [4.69, 9.17) is 4.52 Å². The molecule has 1 unspecified atom stereocenters. The highest BCUT2D eigenvalue weighted by molar-refractivity contribution is 5.53. The van der Waals surface area contributed by atoms with Crippen LogP contribution in [0.5, 0.6) is 0 Å². The molecule has 3 nitrogen and oxygen atoms in total. The second-order valence-corrected chi connectivity index (χ2v) is 3.88. The van der Waals surface area contributed by atoms with Crippen LogP contribution in [-0.4, -0.2) is 11.4 Å². The van der Waals surface area contributed by atoms with Gasteiger partial charge in [-0.1, -0.05) is 25.9 Å². The molecule has 1 aromatic rings. The van der Waals surface area contributed by atoms with E-state index in [-0.39, 0.29) is 5.92 Å². The van der Waals surface area contributed by atoms with E-state index < -0.39 is 0 Å². The van der Waals surface area contributed by atoms with Crippen molar-refractivity contribution in [3.63, 3.8) is 0 Å². The van der Waals surface area contributed by atoms with E-state index in [1.807, 2.05) is 13.0 Å². The zero-order valence-corrected chi connectivity index (χ0v) is 8.99. The van der Waals surface area contributed by atoms with Gasteiger partial charge in [0.1, 0.15) is 12.0 Å². The Hall–Kier alpha value is -1.12. The number of hydrogen-bond donors (Lipinski definition) is 0. The van der Waals surface area contributed by atoms with Crippen LogP contribution in [0.15, 0.2) is 10.6 Å². The first-order chi connectivity index (χ1) is 6.67. The Morgan fingerprint density at radius 1 is 1.57 bits per heavy atom. The quantitative estimate of drug-likeness (QED) is 0.678. The molecule has 0 saturated heterocycles. The summed E-state index contributed by atoms with van der Waals surface area (Å²) in [5.41, 5.74) is 0.882. The zero-order valence-electron chi connectivity index (χ0n) is 8.99. The maximum atomic E-state index is 10.6. The minimum absolute atomic E-state index is 0.0695. The number of carbonyl (C=O) groups is 1. The van der Waals surface area contributed by atoms with Crippen LogP contribution >= 0.6 is 0 Å². The number of aldehydes is 1. The van der Waals surface area contributed by atoms with Gasteiger partial charge in [0.2, 0.25) is 0 Å². The molecule has 0 amide bonds. The molecule has 0 aliphatic rings. The summed E-state index contributed by atoms with van der Waals surface area (Å²) in [6.45, 7) is 6.12. The zero-order chi connectivity index (χ0) is 10.6. The van der Waals surface area contributed by atoms with E-state index in [2.05, 4.69) is 19.0 Å². The predicted octanol–water partition coefficient (Wildman–Crippen LogP) is 2.57. The van der Waals surface area contributed by atoms with E-state index in [1.165, 1.54) is 0 Å². The van der Waals surface area contributed by atoms with Gasteiger partial charge in [-0.25, -0.2) is 0 Å². The van der Waals surface area contributed by atoms with Gasteiger partial charge >= 0.3 is 0 Å². The van der Waals surface area contributed by atoms with Gasteiger partial charge < -0.3 is 9.32 Å². The maximum absolute atomic E-state index is 10.6. The van der Waals surface area contributed by atoms with Gasteiger partial charge in [-0.3, -0.25) is 0 Å². The Morgan fingerprint density at radius 3 is 2.71 bits per heavy atom. The van der Waals surface area contributed by atoms with Crippen molar-refractivity contribution in [3.05, 3.63) is 17.5 Å². The predicted molar refractivity (Wildman–Crippen MR) is 54.1 cm³/mol. The third-order valence-electron chi connectivity index (χ3n) is 2.33. The molecular formula is C11H17NO2. The number of hydrogen-bond acceptors (Lipinski definition) is 3. The molecule has 3 heteroatoms. The highest BCUT2D eigenvalue weighted by atomic mass is 16.5.